The third-order valence-corrected chi connectivity index (χ3v) is 5.02. The maximum Gasteiger partial charge on any atom is 0.254 e. The SMILES string of the molecule is COc1ccc(/C=C(\CCCC[NH3+])c2nc(-c3cccs3)no2)c(OC)c1. The summed E-state index contributed by atoms with van der Waals surface area (Å²) >= 11 is 1.59. The summed E-state index contributed by atoms with van der Waals surface area (Å²) < 4.78 is 16.4. The Bertz CT molecular complexity index is 888. The summed E-state index contributed by atoms with van der Waals surface area (Å²) in [5, 5.41) is 6.14. The third-order valence-electron chi connectivity index (χ3n) is 4.16. The number of thiophene rings is 1. The molecule has 27 heavy (non-hydrogen) atoms. The standard InChI is InChI=1S/C20H23N3O3S/c1-24-16-9-8-14(17(13-16)25-2)12-15(6-3-4-10-21)20-22-19(23-26-20)18-7-5-11-27-18/h5,7-9,11-13H,3-4,6,10,21H2,1-2H3/p+1/b15-12+. The normalized spacial score (nSPS) is 11.6. The molecule has 2 heterocycles. The van der Waals surface area contributed by atoms with Gasteiger partial charge in [0.2, 0.25) is 5.82 Å². The first kappa shape index (κ1) is 19.1. The van der Waals surface area contributed by atoms with Crippen molar-refractivity contribution < 1.29 is 19.7 Å². The van der Waals surface area contributed by atoms with Gasteiger partial charge in [-0.2, -0.15) is 4.98 Å². The molecule has 0 fully saturated rings. The molecular weight excluding hydrogens is 362 g/mol. The second-order valence-electron chi connectivity index (χ2n) is 5.99. The van der Waals surface area contributed by atoms with Gasteiger partial charge in [-0.25, -0.2) is 0 Å². The van der Waals surface area contributed by atoms with Crippen molar-refractivity contribution in [3.05, 3.63) is 47.2 Å². The molecule has 7 heteroatoms. The minimum atomic E-state index is 0.542. The van der Waals surface area contributed by atoms with Crippen LogP contribution in [0.3, 0.4) is 0 Å². The summed E-state index contributed by atoms with van der Waals surface area (Å²) in [4.78, 5) is 5.59. The number of allylic oxidation sites excluding steroid dienone is 1. The Hall–Kier alpha value is -2.64. The van der Waals surface area contributed by atoms with Crippen molar-refractivity contribution in [1.82, 2.24) is 10.1 Å². The number of hydrogen-bond donors (Lipinski definition) is 1. The molecule has 0 spiro atoms. The summed E-state index contributed by atoms with van der Waals surface area (Å²) in [7, 11) is 3.29. The first-order valence-electron chi connectivity index (χ1n) is 8.85. The molecule has 2 aromatic heterocycles. The van der Waals surface area contributed by atoms with E-state index >= 15 is 0 Å². The first-order chi connectivity index (χ1) is 13.2. The van der Waals surface area contributed by atoms with Crippen LogP contribution in [-0.4, -0.2) is 30.9 Å². The van der Waals surface area contributed by atoms with Crippen LogP contribution >= 0.6 is 11.3 Å². The Labute approximate surface area is 162 Å². The zero-order valence-corrected chi connectivity index (χ0v) is 16.4. The van der Waals surface area contributed by atoms with Gasteiger partial charge in [0.05, 0.1) is 25.6 Å². The van der Waals surface area contributed by atoms with Crippen LogP contribution in [0.1, 0.15) is 30.7 Å². The first-order valence-corrected chi connectivity index (χ1v) is 9.73. The van der Waals surface area contributed by atoms with Gasteiger partial charge in [0.25, 0.3) is 5.89 Å². The summed E-state index contributed by atoms with van der Waals surface area (Å²) in [6, 6.07) is 9.70. The van der Waals surface area contributed by atoms with Gasteiger partial charge in [-0.15, -0.1) is 11.3 Å². The molecule has 0 saturated heterocycles. The average molecular weight is 386 g/mol. The van der Waals surface area contributed by atoms with E-state index in [-0.39, 0.29) is 0 Å². The van der Waals surface area contributed by atoms with Crippen molar-refractivity contribution in [2.45, 2.75) is 19.3 Å². The van der Waals surface area contributed by atoms with Gasteiger partial charge in [0.15, 0.2) is 0 Å². The van der Waals surface area contributed by atoms with E-state index in [0.29, 0.717) is 11.7 Å². The quantitative estimate of drug-likeness (QED) is 0.566. The lowest BCUT2D eigenvalue weighted by atomic mass is 10.0. The fourth-order valence-electron chi connectivity index (χ4n) is 2.72. The van der Waals surface area contributed by atoms with Gasteiger partial charge in [0.1, 0.15) is 11.5 Å². The van der Waals surface area contributed by atoms with Crippen molar-refractivity contribution in [2.75, 3.05) is 20.8 Å². The minimum Gasteiger partial charge on any atom is -0.497 e. The van der Waals surface area contributed by atoms with Gasteiger partial charge in [-0.3, -0.25) is 0 Å². The fourth-order valence-corrected chi connectivity index (χ4v) is 3.37. The van der Waals surface area contributed by atoms with Crippen LogP contribution in [0.2, 0.25) is 0 Å². The molecule has 3 aromatic rings. The highest BCUT2D eigenvalue weighted by Crippen LogP contribution is 2.31. The van der Waals surface area contributed by atoms with Crippen LogP contribution in [0, 0.1) is 0 Å². The number of benzene rings is 1. The zero-order chi connectivity index (χ0) is 19.1. The Morgan fingerprint density at radius 2 is 2.11 bits per heavy atom. The topological polar surface area (TPSA) is 85.0 Å². The summed E-state index contributed by atoms with van der Waals surface area (Å²) in [6.45, 7) is 0.906. The van der Waals surface area contributed by atoms with Crippen LogP contribution in [0.5, 0.6) is 11.5 Å². The summed E-state index contributed by atoms with van der Waals surface area (Å²) in [5.41, 5.74) is 5.85. The molecule has 0 aliphatic rings. The number of methoxy groups -OCH3 is 2. The van der Waals surface area contributed by atoms with Gasteiger partial charge < -0.3 is 19.7 Å². The van der Waals surface area contributed by atoms with E-state index in [1.807, 2.05) is 41.8 Å². The highest BCUT2D eigenvalue weighted by molar-refractivity contribution is 7.13. The molecule has 0 unspecified atom stereocenters. The largest absolute Gasteiger partial charge is 0.497 e. The van der Waals surface area contributed by atoms with Gasteiger partial charge in [-0.1, -0.05) is 11.2 Å². The monoisotopic (exact) mass is 386 g/mol. The summed E-state index contributed by atoms with van der Waals surface area (Å²) in [6.07, 6.45) is 4.93. The maximum atomic E-state index is 5.57. The Morgan fingerprint density at radius 1 is 1.22 bits per heavy atom. The Balaban J connectivity index is 1.95. The second kappa shape index (κ2) is 9.34. The lowest BCUT2D eigenvalue weighted by Crippen LogP contribution is -2.50. The number of nitrogens with zero attached hydrogens (tertiary/aromatic N) is 2. The number of ether oxygens (including phenoxy) is 2. The second-order valence-corrected chi connectivity index (χ2v) is 6.94. The van der Waals surface area contributed by atoms with E-state index in [1.165, 1.54) is 0 Å². The van der Waals surface area contributed by atoms with Crippen LogP contribution in [0.4, 0.5) is 0 Å². The van der Waals surface area contributed by atoms with Crippen molar-refractivity contribution in [1.29, 1.82) is 0 Å². The molecule has 0 atom stereocenters. The molecule has 0 bridgehead atoms. The van der Waals surface area contributed by atoms with Gasteiger partial charge in [-0.05, 0) is 48.9 Å². The van der Waals surface area contributed by atoms with E-state index in [1.54, 1.807) is 25.6 Å². The Kier molecular flexibility index (Phi) is 6.62. The molecule has 0 amide bonds. The number of quaternary nitrogens is 1. The van der Waals surface area contributed by atoms with Crippen LogP contribution < -0.4 is 15.2 Å². The average Bonchev–Trinajstić information content (AvgIpc) is 3.39. The predicted octanol–water partition coefficient (Wildman–Crippen LogP) is 3.77. The van der Waals surface area contributed by atoms with E-state index in [4.69, 9.17) is 14.0 Å². The highest BCUT2D eigenvalue weighted by Gasteiger charge is 2.15. The lowest BCUT2D eigenvalue weighted by molar-refractivity contribution is -0.368. The highest BCUT2D eigenvalue weighted by atomic mass is 32.1. The fraction of sp³-hybridized carbons (Fsp3) is 0.300. The van der Waals surface area contributed by atoms with Crippen molar-refractivity contribution in [3.8, 4) is 22.2 Å². The predicted molar refractivity (Wildman–Crippen MR) is 107 cm³/mol. The molecule has 3 rings (SSSR count). The van der Waals surface area contributed by atoms with Crippen LogP contribution in [0.15, 0.2) is 40.2 Å². The molecule has 1 aromatic carbocycles. The van der Waals surface area contributed by atoms with E-state index in [2.05, 4.69) is 15.9 Å². The van der Waals surface area contributed by atoms with Crippen molar-refractivity contribution >= 4 is 23.0 Å². The number of aromatic nitrogens is 2. The molecule has 0 radical (unpaired) electrons. The maximum absolute atomic E-state index is 5.57. The molecule has 0 saturated carbocycles. The molecule has 0 aliphatic carbocycles. The van der Waals surface area contributed by atoms with Gasteiger partial charge >= 0.3 is 0 Å². The zero-order valence-electron chi connectivity index (χ0n) is 15.6. The lowest BCUT2D eigenvalue weighted by Gasteiger charge is -2.09. The smallest absolute Gasteiger partial charge is 0.254 e. The van der Waals surface area contributed by atoms with E-state index in [0.717, 1.165) is 53.3 Å². The molecule has 6 nitrogen and oxygen atoms in total. The summed E-state index contributed by atoms with van der Waals surface area (Å²) in [5.74, 6) is 2.65. The number of hydrogen-bond acceptors (Lipinski definition) is 6. The van der Waals surface area contributed by atoms with Gasteiger partial charge in [0, 0.05) is 17.2 Å². The molecule has 0 aliphatic heterocycles. The molecule has 142 valence electrons. The molecular formula is C20H24N3O3S+. The number of rotatable bonds is 9. The number of unbranched alkanes of at least 4 members (excludes halogenated alkanes) is 1. The van der Waals surface area contributed by atoms with Crippen molar-refractivity contribution in [2.24, 2.45) is 0 Å². The van der Waals surface area contributed by atoms with E-state index < -0.39 is 0 Å². The van der Waals surface area contributed by atoms with Crippen molar-refractivity contribution in [3.63, 3.8) is 0 Å². The third kappa shape index (κ3) is 4.75. The van der Waals surface area contributed by atoms with Crippen LogP contribution in [0.25, 0.3) is 22.4 Å². The minimum absolute atomic E-state index is 0.542. The van der Waals surface area contributed by atoms with E-state index in [9.17, 15) is 0 Å². The Morgan fingerprint density at radius 3 is 2.81 bits per heavy atom. The van der Waals surface area contributed by atoms with Crippen LogP contribution in [-0.2, 0) is 0 Å². The molecule has 3 N–H and O–H groups in total.